The molecule has 1 aliphatic heterocycles. The van der Waals surface area contributed by atoms with E-state index in [9.17, 15) is 4.79 Å². The Morgan fingerprint density at radius 3 is 2.56 bits per heavy atom. The van der Waals surface area contributed by atoms with E-state index in [4.69, 9.17) is 16.6 Å². The molecule has 3 aromatic rings. The summed E-state index contributed by atoms with van der Waals surface area (Å²) >= 11 is 6.43. The summed E-state index contributed by atoms with van der Waals surface area (Å²) in [6.45, 7) is 4.26. The molecule has 0 spiro atoms. The highest BCUT2D eigenvalue weighted by Gasteiger charge is 2.31. The third-order valence-corrected chi connectivity index (χ3v) is 5.68. The Bertz CT molecular complexity index is 980. The van der Waals surface area contributed by atoms with E-state index in [1.807, 2.05) is 41.3 Å². The molecule has 4 nitrogen and oxygen atoms in total. The van der Waals surface area contributed by atoms with Crippen LogP contribution in [-0.2, 0) is 0 Å². The van der Waals surface area contributed by atoms with Gasteiger partial charge in [-0.1, -0.05) is 29.8 Å². The average Bonchev–Trinajstić information content (AvgIpc) is 2.68. The molecule has 4 rings (SSSR count). The van der Waals surface area contributed by atoms with Crippen molar-refractivity contribution in [3.63, 3.8) is 0 Å². The lowest BCUT2D eigenvalue weighted by atomic mass is 9.95. The maximum absolute atomic E-state index is 13.6. The number of pyridine rings is 2. The molecule has 0 saturated carbocycles. The number of amides is 1. The van der Waals surface area contributed by atoms with Crippen molar-refractivity contribution in [1.29, 1.82) is 0 Å². The number of halogens is 1. The van der Waals surface area contributed by atoms with Crippen LogP contribution >= 0.6 is 11.6 Å². The van der Waals surface area contributed by atoms with E-state index in [0.29, 0.717) is 21.8 Å². The van der Waals surface area contributed by atoms with E-state index in [-0.39, 0.29) is 18.0 Å². The van der Waals surface area contributed by atoms with Crippen molar-refractivity contribution in [2.45, 2.75) is 45.2 Å². The maximum Gasteiger partial charge on any atom is 0.255 e. The third kappa shape index (κ3) is 3.30. The quantitative estimate of drug-likeness (QED) is 0.602. The third-order valence-electron chi connectivity index (χ3n) is 5.38. The van der Waals surface area contributed by atoms with Crippen LogP contribution in [0.3, 0.4) is 0 Å². The van der Waals surface area contributed by atoms with Gasteiger partial charge in [0.15, 0.2) is 0 Å². The lowest BCUT2D eigenvalue weighted by molar-refractivity contribution is 0.0513. The second kappa shape index (κ2) is 7.28. The molecule has 3 heterocycles. The van der Waals surface area contributed by atoms with Crippen molar-refractivity contribution in [2.24, 2.45) is 0 Å². The molecule has 0 N–H and O–H groups in total. The van der Waals surface area contributed by atoms with Crippen LogP contribution in [0.2, 0.25) is 5.02 Å². The van der Waals surface area contributed by atoms with Crippen LogP contribution in [0.15, 0.2) is 48.7 Å². The average molecular weight is 380 g/mol. The van der Waals surface area contributed by atoms with E-state index in [0.717, 1.165) is 30.3 Å². The van der Waals surface area contributed by atoms with Gasteiger partial charge < -0.3 is 4.90 Å². The van der Waals surface area contributed by atoms with Crippen molar-refractivity contribution < 1.29 is 4.79 Å². The van der Waals surface area contributed by atoms with Crippen molar-refractivity contribution in [1.82, 2.24) is 14.9 Å². The van der Waals surface area contributed by atoms with E-state index < -0.39 is 0 Å². The van der Waals surface area contributed by atoms with E-state index in [1.165, 1.54) is 0 Å². The van der Waals surface area contributed by atoms with Gasteiger partial charge in [0.25, 0.3) is 5.91 Å². The SMILES string of the molecule is CC1CCCC(C)N1C(=O)c1cc(-c2ccccn2)nc2c(Cl)cccc12. The van der Waals surface area contributed by atoms with Crippen LogP contribution < -0.4 is 0 Å². The van der Waals surface area contributed by atoms with Gasteiger partial charge in [0.1, 0.15) is 0 Å². The summed E-state index contributed by atoms with van der Waals surface area (Å²) in [6.07, 6.45) is 4.96. The van der Waals surface area contributed by atoms with Gasteiger partial charge in [-0.3, -0.25) is 9.78 Å². The molecule has 2 unspecified atom stereocenters. The van der Waals surface area contributed by atoms with Crippen LogP contribution in [0.1, 0.15) is 43.5 Å². The smallest absolute Gasteiger partial charge is 0.255 e. The first-order valence-electron chi connectivity index (χ1n) is 9.39. The van der Waals surface area contributed by atoms with Crippen LogP contribution in [-0.4, -0.2) is 32.9 Å². The summed E-state index contributed by atoms with van der Waals surface area (Å²) in [7, 11) is 0. The molecular formula is C22H22ClN3O. The lowest BCUT2D eigenvalue weighted by Gasteiger charge is -2.39. The number of para-hydroxylation sites is 1. The molecule has 0 aliphatic carbocycles. The fraction of sp³-hybridized carbons (Fsp3) is 0.318. The Balaban J connectivity index is 1.91. The first-order chi connectivity index (χ1) is 13.1. The minimum atomic E-state index is 0.0431. The molecule has 1 aliphatic rings. The number of rotatable bonds is 2. The Hall–Kier alpha value is -2.46. The normalized spacial score (nSPS) is 20.0. The zero-order valence-electron chi connectivity index (χ0n) is 15.5. The Kier molecular flexibility index (Phi) is 4.83. The summed E-state index contributed by atoms with van der Waals surface area (Å²) in [5.41, 5.74) is 2.68. The number of benzene rings is 1. The van der Waals surface area contributed by atoms with E-state index in [1.54, 1.807) is 12.3 Å². The number of carbonyl (C=O) groups excluding carboxylic acids is 1. The summed E-state index contributed by atoms with van der Waals surface area (Å²) < 4.78 is 0. The number of likely N-dealkylation sites (tertiary alicyclic amines) is 1. The maximum atomic E-state index is 13.6. The zero-order chi connectivity index (χ0) is 19.0. The molecule has 2 atom stereocenters. The second-order valence-corrected chi connectivity index (χ2v) is 7.65. The number of hydrogen-bond acceptors (Lipinski definition) is 3. The molecule has 138 valence electrons. The van der Waals surface area contributed by atoms with Crippen molar-refractivity contribution in [3.05, 3.63) is 59.2 Å². The summed E-state index contributed by atoms with van der Waals surface area (Å²) in [4.78, 5) is 24.7. The van der Waals surface area contributed by atoms with Crippen LogP contribution in [0.25, 0.3) is 22.3 Å². The molecule has 1 saturated heterocycles. The number of piperidine rings is 1. The molecule has 2 aromatic heterocycles. The predicted molar refractivity (Wildman–Crippen MR) is 109 cm³/mol. The molecular weight excluding hydrogens is 358 g/mol. The minimum absolute atomic E-state index is 0.0431. The zero-order valence-corrected chi connectivity index (χ0v) is 16.3. The molecule has 27 heavy (non-hydrogen) atoms. The first-order valence-corrected chi connectivity index (χ1v) is 9.77. The van der Waals surface area contributed by atoms with Gasteiger partial charge in [-0.15, -0.1) is 0 Å². The lowest BCUT2D eigenvalue weighted by Crippen LogP contribution is -2.47. The first kappa shape index (κ1) is 17.9. The standard InChI is InChI=1S/C22H22ClN3O/c1-14-7-5-8-15(2)26(14)22(27)17-13-20(19-11-3-4-12-24-19)25-21-16(17)9-6-10-18(21)23/h3-4,6,9-15H,5,7-8H2,1-2H3. The van der Waals surface area contributed by atoms with E-state index in [2.05, 4.69) is 18.8 Å². The predicted octanol–water partition coefficient (Wildman–Crippen LogP) is 5.35. The number of carbonyl (C=O) groups is 1. The van der Waals surface area contributed by atoms with Crippen molar-refractivity contribution in [2.75, 3.05) is 0 Å². The van der Waals surface area contributed by atoms with Crippen molar-refractivity contribution in [3.8, 4) is 11.4 Å². The highest BCUT2D eigenvalue weighted by molar-refractivity contribution is 6.35. The van der Waals surface area contributed by atoms with Crippen LogP contribution in [0, 0.1) is 0 Å². The molecule has 1 amide bonds. The number of hydrogen-bond donors (Lipinski definition) is 0. The second-order valence-electron chi connectivity index (χ2n) is 7.25. The van der Waals surface area contributed by atoms with Gasteiger partial charge in [0, 0.05) is 23.7 Å². The number of nitrogens with zero attached hydrogens (tertiary/aromatic N) is 3. The van der Waals surface area contributed by atoms with Gasteiger partial charge >= 0.3 is 0 Å². The monoisotopic (exact) mass is 379 g/mol. The van der Waals surface area contributed by atoms with Crippen LogP contribution in [0.4, 0.5) is 0 Å². The number of fused-ring (bicyclic) bond motifs is 1. The molecule has 1 aromatic carbocycles. The van der Waals surface area contributed by atoms with Crippen molar-refractivity contribution >= 4 is 28.4 Å². The number of aromatic nitrogens is 2. The fourth-order valence-electron chi connectivity index (χ4n) is 4.00. The topological polar surface area (TPSA) is 46.1 Å². The van der Waals surface area contributed by atoms with Gasteiger partial charge in [0.05, 0.1) is 27.5 Å². The summed E-state index contributed by atoms with van der Waals surface area (Å²) in [5, 5.41) is 1.33. The summed E-state index contributed by atoms with van der Waals surface area (Å²) in [5.74, 6) is 0.0431. The molecule has 0 radical (unpaired) electrons. The fourth-order valence-corrected chi connectivity index (χ4v) is 4.21. The molecule has 5 heteroatoms. The Morgan fingerprint density at radius 1 is 1.07 bits per heavy atom. The van der Waals surface area contributed by atoms with Gasteiger partial charge in [0.2, 0.25) is 0 Å². The Labute approximate surface area is 164 Å². The minimum Gasteiger partial charge on any atom is -0.333 e. The van der Waals surface area contributed by atoms with Gasteiger partial charge in [-0.25, -0.2) is 4.98 Å². The van der Waals surface area contributed by atoms with Crippen LogP contribution in [0.5, 0.6) is 0 Å². The highest BCUT2D eigenvalue weighted by Crippen LogP contribution is 2.31. The summed E-state index contributed by atoms with van der Waals surface area (Å²) in [6, 6.07) is 13.6. The largest absolute Gasteiger partial charge is 0.333 e. The molecule has 0 bridgehead atoms. The highest BCUT2D eigenvalue weighted by atomic mass is 35.5. The molecule has 1 fully saturated rings. The van der Waals surface area contributed by atoms with Gasteiger partial charge in [-0.2, -0.15) is 0 Å². The van der Waals surface area contributed by atoms with Gasteiger partial charge in [-0.05, 0) is 57.4 Å². The van der Waals surface area contributed by atoms with E-state index >= 15 is 0 Å². The Morgan fingerprint density at radius 2 is 1.85 bits per heavy atom.